The molecule has 1 atom stereocenters. The van der Waals surface area contributed by atoms with Crippen molar-refractivity contribution < 1.29 is 9.53 Å². The largest absolute Gasteiger partial charge is 0.383 e. The summed E-state index contributed by atoms with van der Waals surface area (Å²) < 4.78 is 6.43. The normalized spacial score (nSPS) is 12.4. The van der Waals surface area contributed by atoms with Gasteiger partial charge in [-0.3, -0.25) is 9.59 Å². The molecule has 0 unspecified atom stereocenters. The lowest BCUT2D eigenvalue weighted by molar-refractivity contribution is -0.117. The first-order valence-electron chi connectivity index (χ1n) is 6.70. The van der Waals surface area contributed by atoms with Crippen molar-refractivity contribution in [2.75, 3.05) is 19.0 Å². The van der Waals surface area contributed by atoms with Crippen LogP contribution in [-0.2, 0) is 16.1 Å². The maximum atomic E-state index is 11.9. The van der Waals surface area contributed by atoms with Crippen LogP contribution in [0.15, 0.2) is 23.1 Å². The Morgan fingerprint density at radius 1 is 1.45 bits per heavy atom. The number of hydrogen-bond donors (Lipinski definition) is 2. The van der Waals surface area contributed by atoms with Crippen molar-refractivity contribution in [3.63, 3.8) is 0 Å². The van der Waals surface area contributed by atoms with Gasteiger partial charge in [-0.2, -0.15) is 0 Å². The highest BCUT2D eigenvalue weighted by Crippen LogP contribution is 2.07. The number of nitrogens with one attached hydrogen (secondary N) is 1. The summed E-state index contributed by atoms with van der Waals surface area (Å²) in [6.07, 6.45) is 2.22. The van der Waals surface area contributed by atoms with Gasteiger partial charge in [0, 0.05) is 25.9 Å². The lowest BCUT2D eigenvalue weighted by atomic mass is 10.0. The number of amides is 1. The van der Waals surface area contributed by atoms with Gasteiger partial charge in [-0.05, 0) is 18.4 Å². The highest BCUT2D eigenvalue weighted by molar-refractivity contribution is 5.94. The lowest BCUT2D eigenvalue weighted by Gasteiger charge is -2.15. The van der Waals surface area contributed by atoms with E-state index in [1.165, 1.54) is 10.6 Å². The van der Waals surface area contributed by atoms with E-state index >= 15 is 0 Å². The van der Waals surface area contributed by atoms with Gasteiger partial charge in [-0.1, -0.05) is 13.8 Å². The molecule has 0 saturated heterocycles. The molecule has 0 aliphatic carbocycles. The van der Waals surface area contributed by atoms with Gasteiger partial charge in [-0.15, -0.1) is 0 Å². The number of aromatic nitrogens is 1. The number of carbonyl (C=O) groups is 1. The Kier molecular flexibility index (Phi) is 6.41. The van der Waals surface area contributed by atoms with E-state index in [2.05, 4.69) is 5.32 Å². The third kappa shape index (κ3) is 5.14. The van der Waals surface area contributed by atoms with Gasteiger partial charge in [0.05, 0.1) is 18.3 Å². The molecule has 0 radical (unpaired) electrons. The second-order valence-electron chi connectivity index (χ2n) is 5.17. The summed E-state index contributed by atoms with van der Waals surface area (Å²) >= 11 is 0. The molecule has 6 heteroatoms. The first kappa shape index (κ1) is 16.4. The minimum absolute atomic E-state index is 0.133. The molecule has 0 saturated carbocycles. The predicted octanol–water partition coefficient (Wildman–Crippen LogP) is 0.807. The number of nitrogens with two attached hydrogens (primary N) is 1. The number of anilines is 1. The van der Waals surface area contributed by atoms with Crippen molar-refractivity contribution >= 4 is 11.6 Å². The van der Waals surface area contributed by atoms with Gasteiger partial charge in [0.2, 0.25) is 5.91 Å². The topological polar surface area (TPSA) is 86.3 Å². The van der Waals surface area contributed by atoms with Crippen LogP contribution in [-0.4, -0.2) is 30.2 Å². The van der Waals surface area contributed by atoms with Gasteiger partial charge in [0.25, 0.3) is 5.56 Å². The lowest BCUT2D eigenvalue weighted by Crippen LogP contribution is -2.37. The second kappa shape index (κ2) is 7.81. The summed E-state index contributed by atoms with van der Waals surface area (Å²) in [7, 11) is 1.57. The molecule has 0 spiro atoms. The molecule has 1 rings (SSSR count). The van der Waals surface area contributed by atoms with Crippen molar-refractivity contribution in [2.24, 2.45) is 11.7 Å². The van der Waals surface area contributed by atoms with Crippen LogP contribution in [0.1, 0.15) is 20.3 Å². The summed E-state index contributed by atoms with van der Waals surface area (Å²) in [5, 5.41) is 2.73. The summed E-state index contributed by atoms with van der Waals surface area (Å²) in [5.74, 6) is 0.113. The number of hydrogen-bond acceptors (Lipinski definition) is 4. The van der Waals surface area contributed by atoms with Crippen LogP contribution >= 0.6 is 0 Å². The minimum Gasteiger partial charge on any atom is -0.383 e. The molecule has 1 amide bonds. The van der Waals surface area contributed by atoms with Gasteiger partial charge in [-0.25, -0.2) is 0 Å². The van der Waals surface area contributed by atoms with Crippen molar-refractivity contribution in [1.82, 2.24) is 4.57 Å². The summed E-state index contributed by atoms with van der Waals surface area (Å²) in [6.45, 7) is 4.90. The molecular weight excluding hydrogens is 258 g/mol. The zero-order valence-electron chi connectivity index (χ0n) is 12.3. The first-order chi connectivity index (χ1) is 9.43. The molecule has 0 bridgehead atoms. The Morgan fingerprint density at radius 3 is 2.75 bits per heavy atom. The number of pyridine rings is 1. The van der Waals surface area contributed by atoms with Crippen LogP contribution < -0.4 is 16.6 Å². The molecule has 1 aromatic rings. The zero-order valence-corrected chi connectivity index (χ0v) is 12.3. The Bertz CT molecular complexity index is 497. The molecule has 1 aromatic heterocycles. The average Bonchev–Trinajstić information content (AvgIpc) is 2.38. The minimum atomic E-state index is -0.547. The monoisotopic (exact) mass is 281 g/mol. The van der Waals surface area contributed by atoms with E-state index in [9.17, 15) is 9.59 Å². The van der Waals surface area contributed by atoms with Gasteiger partial charge < -0.3 is 20.4 Å². The molecule has 0 aromatic carbocycles. The Labute approximate surface area is 118 Å². The van der Waals surface area contributed by atoms with Gasteiger partial charge in [0.15, 0.2) is 0 Å². The maximum absolute atomic E-state index is 11.9. The van der Waals surface area contributed by atoms with E-state index in [4.69, 9.17) is 10.5 Å². The summed E-state index contributed by atoms with van der Waals surface area (Å²) in [4.78, 5) is 23.5. The third-order valence-corrected chi connectivity index (χ3v) is 2.85. The number of methoxy groups -OCH3 is 1. The standard InChI is InChI=1S/C14H23N3O3/c1-10(2)8-12(15)14(19)16-11-4-5-13(18)17(9-11)6-7-20-3/h4-5,9-10,12H,6-8,15H2,1-3H3,(H,16,19)/t12-/m1/s1. The Balaban J connectivity index is 2.72. The van der Waals surface area contributed by atoms with Crippen LogP contribution in [0.25, 0.3) is 0 Å². The number of nitrogens with zero attached hydrogens (tertiary/aromatic N) is 1. The summed E-state index contributed by atoms with van der Waals surface area (Å²) in [6, 6.07) is 2.44. The molecule has 1 heterocycles. The fourth-order valence-electron chi connectivity index (χ4n) is 1.82. The highest BCUT2D eigenvalue weighted by Gasteiger charge is 2.15. The molecule has 0 aliphatic rings. The zero-order chi connectivity index (χ0) is 15.1. The van der Waals surface area contributed by atoms with Crippen LogP contribution in [0.3, 0.4) is 0 Å². The maximum Gasteiger partial charge on any atom is 0.250 e. The van der Waals surface area contributed by atoms with Crippen molar-refractivity contribution in [3.05, 3.63) is 28.7 Å². The van der Waals surface area contributed by atoms with E-state index < -0.39 is 6.04 Å². The van der Waals surface area contributed by atoms with Crippen molar-refractivity contribution in [3.8, 4) is 0 Å². The number of carbonyl (C=O) groups excluding carboxylic acids is 1. The van der Waals surface area contributed by atoms with E-state index in [1.807, 2.05) is 13.8 Å². The van der Waals surface area contributed by atoms with Crippen LogP contribution in [0.4, 0.5) is 5.69 Å². The van der Waals surface area contributed by atoms with Gasteiger partial charge >= 0.3 is 0 Å². The van der Waals surface area contributed by atoms with Crippen LogP contribution in [0.5, 0.6) is 0 Å². The van der Waals surface area contributed by atoms with Crippen LogP contribution in [0.2, 0.25) is 0 Å². The van der Waals surface area contributed by atoms with E-state index in [0.717, 1.165) is 0 Å². The smallest absolute Gasteiger partial charge is 0.250 e. The number of ether oxygens (including phenoxy) is 1. The molecule has 0 fully saturated rings. The van der Waals surface area contributed by atoms with Crippen LogP contribution in [0, 0.1) is 5.92 Å². The predicted molar refractivity (Wildman–Crippen MR) is 78.6 cm³/mol. The average molecular weight is 281 g/mol. The molecule has 3 N–H and O–H groups in total. The number of rotatable bonds is 7. The fourth-order valence-corrected chi connectivity index (χ4v) is 1.82. The fraction of sp³-hybridized carbons (Fsp3) is 0.571. The third-order valence-electron chi connectivity index (χ3n) is 2.85. The second-order valence-corrected chi connectivity index (χ2v) is 5.17. The van der Waals surface area contributed by atoms with E-state index in [0.29, 0.717) is 31.2 Å². The molecule has 112 valence electrons. The molecule has 0 aliphatic heterocycles. The van der Waals surface area contributed by atoms with E-state index in [-0.39, 0.29) is 11.5 Å². The van der Waals surface area contributed by atoms with Crippen molar-refractivity contribution in [2.45, 2.75) is 32.9 Å². The molecule has 20 heavy (non-hydrogen) atoms. The Hall–Kier alpha value is -1.66. The highest BCUT2D eigenvalue weighted by atomic mass is 16.5. The first-order valence-corrected chi connectivity index (χ1v) is 6.70. The quantitative estimate of drug-likeness (QED) is 0.774. The van der Waals surface area contributed by atoms with E-state index in [1.54, 1.807) is 19.4 Å². The van der Waals surface area contributed by atoms with Crippen molar-refractivity contribution in [1.29, 1.82) is 0 Å². The SMILES string of the molecule is COCCn1cc(NC(=O)[C@H](N)CC(C)C)ccc1=O. The molecule has 6 nitrogen and oxygen atoms in total. The summed E-state index contributed by atoms with van der Waals surface area (Å²) in [5.41, 5.74) is 6.24. The molecular formula is C14H23N3O3. The Morgan fingerprint density at radius 2 is 2.15 bits per heavy atom. The van der Waals surface area contributed by atoms with Gasteiger partial charge in [0.1, 0.15) is 0 Å².